The predicted molar refractivity (Wildman–Crippen MR) is 88.0 cm³/mol. The zero-order valence-corrected chi connectivity index (χ0v) is 13.4. The number of para-hydroxylation sites is 2. The minimum atomic E-state index is 0.129. The molecule has 1 aromatic heterocycles. The quantitative estimate of drug-likeness (QED) is 0.843. The highest BCUT2D eigenvalue weighted by molar-refractivity contribution is 7.99. The first-order valence-electron chi connectivity index (χ1n) is 7.99. The Balaban J connectivity index is 1.75. The summed E-state index contributed by atoms with van der Waals surface area (Å²) in [5.41, 5.74) is 2.56. The maximum absolute atomic E-state index is 6.19. The zero-order chi connectivity index (χ0) is 14.3. The number of imidazole rings is 1. The standard InChI is InChI=1S/C17H22N2OS/c1-2-16-18-14-5-3-4-6-15(14)19(16)13-7-9-20-17(11-13)8-10-21-12-17/h3-6,13H,2,7-12H2,1H3. The SMILES string of the molecule is CCc1nc2ccccc2n1C1CCOC2(CCSC2)C1. The molecule has 4 heteroatoms. The predicted octanol–water partition coefficient (Wildman–Crippen LogP) is 3.83. The van der Waals surface area contributed by atoms with Crippen LogP contribution in [0.25, 0.3) is 11.0 Å². The number of thioether (sulfide) groups is 1. The Morgan fingerprint density at radius 1 is 1.43 bits per heavy atom. The first-order valence-corrected chi connectivity index (χ1v) is 9.14. The number of hydrogen-bond acceptors (Lipinski definition) is 3. The van der Waals surface area contributed by atoms with Crippen molar-refractivity contribution in [3.63, 3.8) is 0 Å². The molecule has 2 saturated heterocycles. The third-order valence-corrected chi connectivity index (χ3v) is 6.11. The van der Waals surface area contributed by atoms with Crippen LogP contribution in [-0.4, -0.2) is 33.3 Å². The van der Waals surface area contributed by atoms with E-state index in [0.29, 0.717) is 6.04 Å². The Morgan fingerprint density at radius 3 is 3.14 bits per heavy atom. The Hall–Kier alpha value is -1.00. The first kappa shape index (κ1) is 13.6. The van der Waals surface area contributed by atoms with E-state index in [4.69, 9.17) is 9.72 Å². The summed E-state index contributed by atoms with van der Waals surface area (Å²) in [5, 5.41) is 0. The molecule has 0 radical (unpaired) electrons. The zero-order valence-electron chi connectivity index (χ0n) is 12.5. The van der Waals surface area contributed by atoms with Gasteiger partial charge in [-0.2, -0.15) is 11.8 Å². The van der Waals surface area contributed by atoms with Gasteiger partial charge in [-0.3, -0.25) is 0 Å². The smallest absolute Gasteiger partial charge is 0.109 e. The molecule has 3 nitrogen and oxygen atoms in total. The van der Waals surface area contributed by atoms with Crippen molar-refractivity contribution in [3.05, 3.63) is 30.1 Å². The van der Waals surface area contributed by atoms with E-state index in [1.165, 1.54) is 23.5 Å². The van der Waals surface area contributed by atoms with Crippen molar-refractivity contribution >= 4 is 22.8 Å². The van der Waals surface area contributed by atoms with Gasteiger partial charge in [0, 0.05) is 24.8 Å². The van der Waals surface area contributed by atoms with Crippen LogP contribution in [0.1, 0.15) is 38.1 Å². The molecule has 2 aliphatic rings. The lowest BCUT2D eigenvalue weighted by atomic mass is 9.89. The van der Waals surface area contributed by atoms with Crippen molar-refractivity contribution in [3.8, 4) is 0 Å². The first-order chi connectivity index (χ1) is 10.3. The van der Waals surface area contributed by atoms with Gasteiger partial charge in [-0.25, -0.2) is 4.98 Å². The van der Waals surface area contributed by atoms with E-state index in [1.54, 1.807) is 0 Å². The number of rotatable bonds is 2. The Bertz CT molecular complexity index is 645. The molecule has 1 aromatic carbocycles. The summed E-state index contributed by atoms with van der Waals surface area (Å²) in [5.74, 6) is 3.64. The summed E-state index contributed by atoms with van der Waals surface area (Å²) in [6.45, 7) is 3.10. The van der Waals surface area contributed by atoms with E-state index < -0.39 is 0 Å². The van der Waals surface area contributed by atoms with Gasteiger partial charge in [-0.1, -0.05) is 19.1 Å². The molecule has 112 valence electrons. The molecular weight excluding hydrogens is 280 g/mol. The lowest BCUT2D eigenvalue weighted by Gasteiger charge is -2.39. The van der Waals surface area contributed by atoms with Gasteiger partial charge in [-0.15, -0.1) is 0 Å². The van der Waals surface area contributed by atoms with Crippen molar-refractivity contribution in [2.45, 2.75) is 44.2 Å². The normalized spacial score (nSPS) is 29.5. The average Bonchev–Trinajstić information content (AvgIpc) is 3.11. The van der Waals surface area contributed by atoms with Crippen LogP contribution in [0.2, 0.25) is 0 Å². The van der Waals surface area contributed by atoms with E-state index in [2.05, 4.69) is 35.8 Å². The highest BCUT2D eigenvalue weighted by Crippen LogP contribution is 2.43. The summed E-state index contributed by atoms with van der Waals surface area (Å²) >= 11 is 2.04. The molecule has 4 rings (SSSR count). The van der Waals surface area contributed by atoms with Crippen LogP contribution in [0, 0.1) is 0 Å². The fourth-order valence-corrected chi connectivity index (χ4v) is 5.22. The Morgan fingerprint density at radius 2 is 2.33 bits per heavy atom. The van der Waals surface area contributed by atoms with Crippen LogP contribution >= 0.6 is 11.8 Å². The number of hydrogen-bond donors (Lipinski definition) is 0. The van der Waals surface area contributed by atoms with E-state index in [0.717, 1.165) is 37.1 Å². The monoisotopic (exact) mass is 302 g/mol. The molecule has 2 aromatic rings. The summed E-state index contributed by atoms with van der Waals surface area (Å²) in [6.07, 6.45) is 4.46. The Kier molecular flexibility index (Phi) is 3.46. The molecule has 21 heavy (non-hydrogen) atoms. The van der Waals surface area contributed by atoms with Crippen molar-refractivity contribution in [2.24, 2.45) is 0 Å². The summed E-state index contributed by atoms with van der Waals surface area (Å²) in [6, 6.07) is 9.09. The van der Waals surface area contributed by atoms with Crippen molar-refractivity contribution in [2.75, 3.05) is 18.1 Å². The second kappa shape index (κ2) is 5.33. The molecule has 0 bridgehead atoms. The van der Waals surface area contributed by atoms with Crippen LogP contribution in [0.3, 0.4) is 0 Å². The van der Waals surface area contributed by atoms with Crippen molar-refractivity contribution in [1.29, 1.82) is 0 Å². The summed E-state index contributed by atoms with van der Waals surface area (Å²) in [7, 11) is 0. The third-order valence-electron chi connectivity index (χ3n) is 4.88. The highest BCUT2D eigenvalue weighted by Gasteiger charge is 2.41. The maximum atomic E-state index is 6.19. The molecule has 0 saturated carbocycles. The van der Waals surface area contributed by atoms with Gasteiger partial charge in [0.2, 0.25) is 0 Å². The number of fused-ring (bicyclic) bond motifs is 1. The van der Waals surface area contributed by atoms with Crippen LogP contribution in [0.15, 0.2) is 24.3 Å². The minimum Gasteiger partial charge on any atom is -0.374 e. The van der Waals surface area contributed by atoms with Gasteiger partial charge in [-0.05, 0) is 37.1 Å². The molecule has 1 spiro atoms. The lowest BCUT2D eigenvalue weighted by molar-refractivity contribution is -0.0759. The Labute approximate surface area is 130 Å². The van der Waals surface area contributed by atoms with Gasteiger partial charge in [0.15, 0.2) is 0 Å². The lowest BCUT2D eigenvalue weighted by Crippen LogP contribution is -2.40. The number of aromatic nitrogens is 2. The molecule has 3 heterocycles. The van der Waals surface area contributed by atoms with E-state index in [-0.39, 0.29) is 5.60 Å². The van der Waals surface area contributed by atoms with Gasteiger partial charge in [0.1, 0.15) is 5.82 Å². The molecule has 0 amide bonds. The molecule has 2 fully saturated rings. The molecule has 2 unspecified atom stereocenters. The second-order valence-corrected chi connectivity index (χ2v) is 7.33. The fraction of sp³-hybridized carbons (Fsp3) is 0.588. The number of nitrogens with zero attached hydrogens (tertiary/aromatic N) is 2. The van der Waals surface area contributed by atoms with Crippen LogP contribution < -0.4 is 0 Å². The highest BCUT2D eigenvalue weighted by atomic mass is 32.2. The van der Waals surface area contributed by atoms with Gasteiger partial charge >= 0.3 is 0 Å². The molecule has 0 aliphatic carbocycles. The molecule has 0 N–H and O–H groups in total. The largest absolute Gasteiger partial charge is 0.374 e. The number of benzene rings is 1. The second-order valence-electron chi connectivity index (χ2n) is 6.22. The maximum Gasteiger partial charge on any atom is 0.109 e. The topological polar surface area (TPSA) is 27.1 Å². The van der Waals surface area contributed by atoms with Gasteiger partial charge in [0.05, 0.1) is 16.6 Å². The third kappa shape index (κ3) is 2.29. The van der Waals surface area contributed by atoms with E-state index in [1.807, 2.05) is 11.8 Å². The summed E-state index contributed by atoms with van der Waals surface area (Å²) < 4.78 is 8.69. The average molecular weight is 302 g/mol. The van der Waals surface area contributed by atoms with Crippen molar-refractivity contribution in [1.82, 2.24) is 9.55 Å². The fourth-order valence-electron chi connectivity index (χ4n) is 3.84. The van der Waals surface area contributed by atoms with Gasteiger partial charge < -0.3 is 9.30 Å². The molecule has 2 atom stereocenters. The van der Waals surface area contributed by atoms with E-state index in [9.17, 15) is 0 Å². The molecular formula is C17H22N2OS. The van der Waals surface area contributed by atoms with Crippen LogP contribution in [-0.2, 0) is 11.2 Å². The van der Waals surface area contributed by atoms with Crippen molar-refractivity contribution < 1.29 is 4.74 Å². The van der Waals surface area contributed by atoms with E-state index >= 15 is 0 Å². The molecule has 2 aliphatic heterocycles. The van der Waals surface area contributed by atoms with Crippen LogP contribution in [0.5, 0.6) is 0 Å². The summed E-state index contributed by atoms with van der Waals surface area (Å²) in [4.78, 5) is 4.84. The number of ether oxygens (including phenoxy) is 1. The van der Waals surface area contributed by atoms with Gasteiger partial charge in [0.25, 0.3) is 0 Å². The minimum absolute atomic E-state index is 0.129. The van der Waals surface area contributed by atoms with Crippen LogP contribution in [0.4, 0.5) is 0 Å². The number of aryl methyl sites for hydroxylation is 1.